The van der Waals surface area contributed by atoms with Crippen LogP contribution in [0.2, 0.25) is 0 Å². The monoisotopic (exact) mass is 278 g/mol. The number of rotatable bonds is 4. The number of nitrogen functional groups attached to an aromatic ring is 1. The Morgan fingerprint density at radius 2 is 2.17 bits per heavy atom. The number of anilines is 1. The molecule has 0 saturated carbocycles. The van der Waals surface area contributed by atoms with Gasteiger partial charge in [0.05, 0.1) is 5.39 Å². The summed E-state index contributed by atoms with van der Waals surface area (Å²) in [7, 11) is 0. The van der Waals surface area contributed by atoms with Crippen molar-refractivity contribution in [2.45, 2.75) is 12.8 Å². The summed E-state index contributed by atoms with van der Waals surface area (Å²) in [5.74, 6) is 5.81. The molecule has 0 unspecified atom stereocenters. The minimum atomic E-state index is -4.36. The van der Waals surface area contributed by atoms with E-state index in [4.69, 9.17) is 5.84 Å². The van der Waals surface area contributed by atoms with Crippen molar-refractivity contribution < 1.29 is 17.9 Å². The summed E-state index contributed by atoms with van der Waals surface area (Å²) in [6.07, 6.45) is -4.36. The van der Waals surface area contributed by atoms with Crippen LogP contribution in [0.3, 0.4) is 0 Å². The lowest BCUT2D eigenvalue weighted by atomic mass is 10.4. The Balaban J connectivity index is 2.13. The molecule has 0 aliphatic carbocycles. The van der Waals surface area contributed by atoms with Gasteiger partial charge in [0.25, 0.3) is 0 Å². The van der Waals surface area contributed by atoms with Crippen molar-refractivity contribution in [1.29, 1.82) is 0 Å². The number of hydrazine groups is 1. The van der Waals surface area contributed by atoms with Crippen LogP contribution in [0.4, 0.5) is 19.0 Å². The smallest absolute Gasteiger partial charge is 0.364 e. The van der Waals surface area contributed by atoms with Crippen LogP contribution in [0.5, 0.6) is 0 Å². The zero-order chi connectivity index (χ0) is 13.2. The molecule has 5 nitrogen and oxygen atoms in total. The van der Waals surface area contributed by atoms with E-state index in [0.717, 1.165) is 5.39 Å². The Hall–Kier alpha value is -1.45. The molecule has 9 heteroatoms. The van der Waals surface area contributed by atoms with Crippen molar-refractivity contribution in [2.24, 2.45) is 5.84 Å². The highest BCUT2D eigenvalue weighted by molar-refractivity contribution is 7.16. The Labute approximate surface area is 104 Å². The third kappa shape index (κ3) is 3.06. The van der Waals surface area contributed by atoms with Crippen molar-refractivity contribution in [3.63, 3.8) is 0 Å². The number of hydrogen-bond donors (Lipinski definition) is 2. The topological polar surface area (TPSA) is 73.1 Å². The first-order valence-corrected chi connectivity index (χ1v) is 5.73. The second-order valence-corrected chi connectivity index (χ2v) is 4.27. The lowest BCUT2D eigenvalue weighted by Crippen LogP contribution is -2.17. The van der Waals surface area contributed by atoms with Crippen LogP contribution in [0, 0.1) is 0 Å². The maximum Gasteiger partial charge on any atom is 0.411 e. The van der Waals surface area contributed by atoms with E-state index >= 15 is 0 Å². The number of nitrogens with zero attached hydrogens (tertiary/aromatic N) is 2. The van der Waals surface area contributed by atoms with Crippen LogP contribution < -0.4 is 11.3 Å². The van der Waals surface area contributed by atoms with Gasteiger partial charge in [0.1, 0.15) is 18.0 Å². The Morgan fingerprint density at radius 3 is 2.83 bits per heavy atom. The van der Waals surface area contributed by atoms with E-state index in [1.165, 1.54) is 11.3 Å². The summed E-state index contributed by atoms with van der Waals surface area (Å²) in [5.41, 5.74) is 2.38. The van der Waals surface area contributed by atoms with Crippen molar-refractivity contribution in [3.05, 3.63) is 17.3 Å². The lowest BCUT2D eigenvalue weighted by molar-refractivity contribution is -0.177. The molecule has 18 heavy (non-hydrogen) atoms. The summed E-state index contributed by atoms with van der Waals surface area (Å²) < 4.78 is 40.2. The van der Waals surface area contributed by atoms with Gasteiger partial charge in [0.15, 0.2) is 11.6 Å². The molecule has 0 radical (unpaired) electrons. The van der Waals surface area contributed by atoms with Crippen molar-refractivity contribution in [3.8, 4) is 0 Å². The predicted molar refractivity (Wildman–Crippen MR) is 60.9 cm³/mol. The first-order valence-electron chi connectivity index (χ1n) is 4.85. The van der Waals surface area contributed by atoms with E-state index in [2.05, 4.69) is 20.1 Å². The second kappa shape index (κ2) is 5.04. The highest BCUT2D eigenvalue weighted by Crippen LogP contribution is 2.24. The lowest BCUT2D eigenvalue weighted by Gasteiger charge is -2.08. The van der Waals surface area contributed by atoms with Gasteiger partial charge >= 0.3 is 6.18 Å². The van der Waals surface area contributed by atoms with Crippen LogP contribution in [0.25, 0.3) is 10.2 Å². The van der Waals surface area contributed by atoms with Gasteiger partial charge < -0.3 is 10.2 Å². The van der Waals surface area contributed by atoms with E-state index in [-0.39, 0.29) is 12.4 Å². The number of aromatic nitrogens is 2. The minimum absolute atomic E-state index is 0.155. The van der Waals surface area contributed by atoms with Crippen LogP contribution in [0.1, 0.15) is 5.82 Å². The maximum atomic E-state index is 11.9. The fourth-order valence-electron chi connectivity index (χ4n) is 1.33. The van der Waals surface area contributed by atoms with E-state index < -0.39 is 12.8 Å². The van der Waals surface area contributed by atoms with Gasteiger partial charge in [-0.1, -0.05) is 0 Å². The fraction of sp³-hybridized carbons (Fsp3) is 0.333. The van der Waals surface area contributed by atoms with Gasteiger partial charge in [0, 0.05) is 0 Å². The van der Waals surface area contributed by atoms with Gasteiger partial charge in [0.2, 0.25) is 0 Å². The Bertz CT molecular complexity index is 542. The number of thiophene rings is 1. The van der Waals surface area contributed by atoms with Crippen LogP contribution in [-0.4, -0.2) is 22.8 Å². The van der Waals surface area contributed by atoms with E-state index in [9.17, 15) is 13.2 Å². The van der Waals surface area contributed by atoms with Crippen LogP contribution >= 0.6 is 11.3 Å². The largest absolute Gasteiger partial charge is 0.411 e. The average molecular weight is 278 g/mol. The predicted octanol–water partition coefficient (Wildman–Crippen LogP) is 2.06. The first-order chi connectivity index (χ1) is 8.49. The molecule has 98 valence electrons. The number of nitrogens with one attached hydrogen (secondary N) is 1. The summed E-state index contributed by atoms with van der Waals surface area (Å²) in [6, 6.07) is 1.77. The molecule has 0 bridgehead atoms. The van der Waals surface area contributed by atoms with Crippen LogP contribution in [0.15, 0.2) is 11.4 Å². The number of hydrogen-bond acceptors (Lipinski definition) is 6. The van der Waals surface area contributed by atoms with Crippen molar-refractivity contribution in [2.75, 3.05) is 12.0 Å². The van der Waals surface area contributed by atoms with Gasteiger partial charge in [-0.2, -0.15) is 13.2 Å². The van der Waals surface area contributed by atoms with E-state index in [0.29, 0.717) is 10.6 Å². The molecule has 0 atom stereocenters. The molecular weight excluding hydrogens is 269 g/mol. The summed E-state index contributed by atoms with van der Waals surface area (Å²) in [4.78, 5) is 8.70. The fourth-order valence-corrected chi connectivity index (χ4v) is 2.11. The summed E-state index contributed by atoms with van der Waals surface area (Å²) in [5, 5.41) is 2.52. The molecule has 2 aromatic rings. The van der Waals surface area contributed by atoms with E-state index in [1.54, 1.807) is 11.4 Å². The third-order valence-electron chi connectivity index (χ3n) is 2.00. The highest BCUT2D eigenvalue weighted by Gasteiger charge is 2.27. The van der Waals surface area contributed by atoms with Crippen LogP contribution in [-0.2, 0) is 11.3 Å². The number of alkyl halides is 3. The molecule has 0 saturated heterocycles. The summed E-state index contributed by atoms with van der Waals surface area (Å²) >= 11 is 1.35. The van der Waals surface area contributed by atoms with Gasteiger partial charge in [-0.25, -0.2) is 15.8 Å². The molecule has 0 aromatic carbocycles. The maximum absolute atomic E-state index is 11.9. The molecule has 0 fully saturated rings. The molecule has 0 amide bonds. The summed E-state index contributed by atoms with van der Waals surface area (Å²) in [6.45, 7) is -1.65. The number of ether oxygens (including phenoxy) is 1. The molecular formula is C9H9F3N4OS. The van der Waals surface area contributed by atoms with Crippen molar-refractivity contribution in [1.82, 2.24) is 9.97 Å². The molecule has 0 aliphatic rings. The first kappa shape index (κ1) is 13.0. The zero-order valence-electron chi connectivity index (χ0n) is 8.99. The molecule has 2 heterocycles. The number of nitrogens with two attached hydrogens (primary N) is 1. The van der Waals surface area contributed by atoms with Gasteiger partial charge in [-0.3, -0.25) is 0 Å². The quantitative estimate of drug-likeness (QED) is 0.661. The van der Waals surface area contributed by atoms with Crippen molar-refractivity contribution >= 4 is 27.4 Å². The highest BCUT2D eigenvalue weighted by atomic mass is 32.1. The standard InChI is InChI=1S/C9H9F3N4OS/c10-9(11,12)4-17-3-6-14-7(16-13)5-1-2-18-8(5)15-6/h1-2H,3-4,13H2,(H,14,15,16). The molecule has 0 spiro atoms. The third-order valence-corrected chi connectivity index (χ3v) is 2.81. The zero-order valence-corrected chi connectivity index (χ0v) is 9.81. The van der Waals surface area contributed by atoms with Gasteiger partial charge in [-0.15, -0.1) is 11.3 Å². The SMILES string of the molecule is NNc1nc(COCC(F)(F)F)nc2sccc12. The molecule has 2 aromatic heterocycles. The molecule has 2 rings (SSSR count). The average Bonchev–Trinajstić information content (AvgIpc) is 2.74. The number of fused-ring (bicyclic) bond motifs is 1. The Kier molecular flexibility index (Phi) is 3.64. The second-order valence-electron chi connectivity index (χ2n) is 3.38. The minimum Gasteiger partial charge on any atom is -0.364 e. The Morgan fingerprint density at radius 1 is 1.39 bits per heavy atom. The molecule has 3 N–H and O–H groups in total. The van der Waals surface area contributed by atoms with Gasteiger partial charge in [-0.05, 0) is 11.4 Å². The number of halogens is 3. The normalized spacial score (nSPS) is 12.0. The molecule has 0 aliphatic heterocycles. The van der Waals surface area contributed by atoms with E-state index in [1.807, 2.05) is 0 Å².